The van der Waals surface area contributed by atoms with Crippen molar-refractivity contribution in [1.82, 2.24) is 0 Å². The molecule has 0 saturated heterocycles. The van der Waals surface area contributed by atoms with Crippen LogP contribution in [-0.4, -0.2) is 19.5 Å². The molecule has 2 aromatic rings. The van der Waals surface area contributed by atoms with Gasteiger partial charge in [-0.1, -0.05) is 81.4 Å². The molecule has 0 radical (unpaired) electrons. The Hall–Kier alpha value is -1.84. The van der Waals surface area contributed by atoms with E-state index in [9.17, 15) is 5.11 Å². The molecule has 0 aromatic heterocycles. The van der Waals surface area contributed by atoms with Crippen LogP contribution in [0.5, 0.6) is 0 Å². The number of hydrogen-bond acceptors (Lipinski definition) is 2. The van der Waals surface area contributed by atoms with Gasteiger partial charge in [0.25, 0.3) is 0 Å². The summed E-state index contributed by atoms with van der Waals surface area (Å²) in [5.74, 6) is 0. The number of benzene rings is 2. The molecule has 0 spiro atoms. The molecule has 0 unspecified atom stereocenters. The minimum Gasteiger partial charge on any atom is -0.540 e. The Morgan fingerprint density at radius 2 is 1.35 bits per heavy atom. The van der Waals surface area contributed by atoms with Crippen molar-refractivity contribution in [2.24, 2.45) is 0 Å². The van der Waals surface area contributed by atoms with Crippen molar-refractivity contribution in [2.75, 3.05) is 0 Å². The van der Waals surface area contributed by atoms with Gasteiger partial charge >= 0.3 is 8.32 Å². The summed E-state index contributed by atoms with van der Waals surface area (Å²) >= 11 is 0. The molecule has 2 rings (SSSR count). The van der Waals surface area contributed by atoms with Gasteiger partial charge in [0.2, 0.25) is 0 Å². The fourth-order valence-corrected chi connectivity index (χ4v) is 7.24. The zero-order valence-electron chi connectivity index (χ0n) is 14.4. The van der Waals surface area contributed by atoms with Crippen molar-refractivity contribution >= 4 is 18.7 Å². The van der Waals surface area contributed by atoms with Crippen LogP contribution in [0.4, 0.5) is 0 Å². The number of aliphatic hydroxyl groups is 1. The van der Waals surface area contributed by atoms with Crippen LogP contribution in [0.1, 0.15) is 27.7 Å². The van der Waals surface area contributed by atoms with E-state index in [1.165, 1.54) is 10.4 Å². The largest absolute Gasteiger partial charge is 0.540 e. The highest BCUT2D eigenvalue weighted by atomic mass is 28.4. The fourth-order valence-electron chi connectivity index (χ4n) is 2.95. The first-order chi connectivity index (χ1) is 10.9. The SMILES string of the molecule is C[C@@H](O)C=CO[Si](c1ccccc1)(c1ccccc1)C(C)(C)C. The van der Waals surface area contributed by atoms with E-state index >= 15 is 0 Å². The summed E-state index contributed by atoms with van der Waals surface area (Å²) in [5.41, 5.74) is 0. The van der Waals surface area contributed by atoms with Gasteiger partial charge in [0.05, 0.1) is 12.4 Å². The van der Waals surface area contributed by atoms with Crippen LogP contribution >= 0.6 is 0 Å². The van der Waals surface area contributed by atoms with E-state index in [-0.39, 0.29) is 5.04 Å². The average molecular weight is 327 g/mol. The van der Waals surface area contributed by atoms with E-state index in [1.807, 2.05) is 12.1 Å². The van der Waals surface area contributed by atoms with E-state index in [2.05, 4.69) is 69.3 Å². The molecule has 1 atom stereocenters. The molecule has 0 fully saturated rings. The molecule has 122 valence electrons. The van der Waals surface area contributed by atoms with Crippen LogP contribution in [0, 0.1) is 0 Å². The van der Waals surface area contributed by atoms with E-state index in [0.717, 1.165) is 0 Å². The Bertz CT molecular complexity index is 588. The van der Waals surface area contributed by atoms with Gasteiger partial charge in [0, 0.05) is 0 Å². The van der Waals surface area contributed by atoms with Crippen LogP contribution in [0.15, 0.2) is 73.0 Å². The molecule has 2 nitrogen and oxygen atoms in total. The summed E-state index contributed by atoms with van der Waals surface area (Å²) in [4.78, 5) is 0. The van der Waals surface area contributed by atoms with E-state index in [1.54, 1.807) is 19.3 Å². The fraction of sp³-hybridized carbons (Fsp3) is 0.300. The van der Waals surface area contributed by atoms with Crippen molar-refractivity contribution in [3.8, 4) is 0 Å². The highest BCUT2D eigenvalue weighted by Gasteiger charge is 2.51. The van der Waals surface area contributed by atoms with Crippen molar-refractivity contribution < 1.29 is 9.53 Å². The first kappa shape index (κ1) is 17.5. The maximum Gasteiger partial charge on any atom is 0.319 e. The maximum atomic E-state index is 9.54. The van der Waals surface area contributed by atoms with Gasteiger partial charge in [-0.05, 0) is 28.4 Å². The van der Waals surface area contributed by atoms with Gasteiger partial charge in [0.1, 0.15) is 0 Å². The third-order valence-electron chi connectivity index (χ3n) is 4.02. The van der Waals surface area contributed by atoms with E-state index < -0.39 is 14.4 Å². The zero-order chi connectivity index (χ0) is 16.9. The molecule has 3 heteroatoms. The second-order valence-electron chi connectivity index (χ2n) is 6.85. The van der Waals surface area contributed by atoms with Crippen LogP contribution in [0.25, 0.3) is 0 Å². The second kappa shape index (κ2) is 7.15. The third-order valence-corrected chi connectivity index (χ3v) is 8.91. The van der Waals surface area contributed by atoms with E-state index in [0.29, 0.717) is 0 Å². The number of aliphatic hydroxyl groups excluding tert-OH is 1. The lowest BCUT2D eigenvalue weighted by Gasteiger charge is -2.41. The summed E-state index contributed by atoms with van der Waals surface area (Å²) in [7, 11) is -2.51. The lowest BCUT2D eigenvalue weighted by Crippen LogP contribution is -2.65. The Balaban J connectivity index is 2.64. The first-order valence-electron chi connectivity index (χ1n) is 8.01. The maximum absolute atomic E-state index is 9.54. The minimum absolute atomic E-state index is 0.0568. The highest BCUT2D eigenvalue weighted by molar-refractivity contribution is 6.99. The van der Waals surface area contributed by atoms with Crippen LogP contribution in [0.2, 0.25) is 5.04 Å². The lowest BCUT2D eigenvalue weighted by molar-refractivity contribution is 0.240. The van der Waals surface area contributed by atoms with Crippen molar-refractivity contribution in [1.29, 1.82) is 0 Å². The van der Waals surface area contributed by atoms with Crippen molar-refractivity contribution in [2.45, 2.75) is 38.8 Å². The molecule has 23 heavy (non-hydrogen) atoms. The zero-order valence-corrected chi connectivity index (χ0v) is 15.4. The molecule has 0 heterocycles. The normalized spacial score (nSPS) is 14.0. The molecule has 0 saturated carbocycles. The number of rotatable bonds is 5. The molecule has 0 aliphatic rings. The predicted octanol–water partition coefficient (Wildman–Crippen LogP) is 3.46. The minimum atomic E-state index is -2.51. The predicted molar refractivity (Wildman–Crippen MR) is 99.5 cm³/mol. The van der Waals surface area contributed by atoms with Gasteiger partial charge in [-0.15, -0.1) is 0 Å². The lowest BCUT2D eigenvalue weighted by atomic mass is 10.2. The highest BCUT2D eigenvalue weighted by Crippen LogP contribution is 2.36. The summed E-state index contributed by atoms with van der Waals surface area (Å²) in [6.07, 6.45) is 2.86. The molecule has 1 N–H and O–H groups in total. The van der Waals surface area contributed by atoms with Gasteiger partial charge in [-0.2, -0.15) is 0 Å². The molecule has 0 amide bonds. The standard InChI is InChI=1S/C20H26O2Si/c1-17(21)15-16-22-23(20(2,3)4,18-11-7-5-8-12-18)19-13-9-6-10-14-19/h5-17,21H,1-4H3/t17-/m1/s1. The molecule has 0 aliphatic heterocycles. The van der Waals surface area contributed by atoms with E-state index in [4.69, 9.17) is 4.43 Å². The van der Waals surface area contributed by atoms with Crippen LogP contribution in [0.3, 0.4) is 0 Å². The summed E-state index contributed by atoms with van der Waals surface area (Å²) in [5, 5.41) is 11.9. The molecular formula is C20H26O2Si. The Morgan fingerprint density at radius 1 is 0.913 bits per heavy atom. The third kappa shape index (κ3) is 3.74. The summed E-state index contributed by atoms with van der Waals surface area (Å²) in [6, 6.07) is 20.9. The second-order valence-corrected chi connectivity index (χ2v) is 11.1. The summed E-state index contributed by atoms with van der Waals surface area (Å²) in [6.45, 7) is 8.42. The van der Waals surface area contributed by atoms with Crippen molar-refractivity contribution in [3.05, 3.63) is 73.0 Å². The summed E-state index contributed by atoms with van der Waals surface area (Å²) < 4.78 is 6.48. The Morgan fingerprint density at radius 3 is 1.70 bits per heavy atom. The van der Waals surface area contributed by atoms with Crippen LogP contribution in [-0.2, 0) is 4.43 Å². The Labute approximate surface area is 140 Å². The van der Waals surface area contributed by atoms with Crippen LogP contribution < -0.4 is 10.4 Å². The first-order valence-corrected chi connectivity index (χ1v) is 9.92. The van der Waals surface area contributed by atoms with Gasteiger partial charge in [-0.3, -0.25) is 0 Å². The molecular weight excluding hydrogens is 300 g/mol. The Kier molecular flexibility index (Phi) is 5.45. The van der Waals surface area contributed by atoms with Gasteiger partial charge < -0.3 is 9.53 Å². The monoisotopic (exact) mass is 326 g/mol. The smallest absolute Gasteiger partial charge is 0.319 e. The molecule has 0 aliphatic carbocycles. The average Bonchev–Trinajstić information content (AvgIpc) is 2.52. The topological polar surface area (TPSA) is 29.5 Å². The van der Waals surface area contributed by atoms with Gasteiger partial charge in [-0.25, -0.2) is 0 Å². The van der Waals surface area contributed by atoms with Gasteiger partial charge in [0.15, 0.2) is 0 Å². The quantitative estimate of drug-likeness (QED) is 0.673. The number of hydrogen-bond donors (Lipinski definition) is 1. The molecule has 2 aromatic carbocycles. The van der Waals surface area contributed by atoms with Crippen molar-refractivity contribution in [3.63, 3.8) is 0 Å². The molecule has 0 bridgehead atoms.